The van der Waals surface area contributed by atoms with Crippen LogP contribution < -0.4 is 0 Å². The van der Waals surface area contributed by atoms with Crippen LogP contribution in [0.1, 0.15) is 49.2 Å². The molecule has 0 spiro atoms. The van der Waals surface area contributed by atoms with Gasteiger partial charge in [0.2, 0.25) is 0 Å². The highest BCUT2D eigenvalue weighted by atomic mass is 16.5. The summed E-state index contributed by atoms with van der Waals surface area (Å²) in [5.41, 5.74) is 2.08. The Bertz CT molecular complexity index is 770. The summed E-state index contributed by atoms with van der Waals surface area (Å²) in [5, 5.41) is 0. The zero-order valence-electron chi connectivity index (χ0n) is 19.4. The largest absolute Gasteiger partial charge is 0.372 e. The van der Waals surface area contributed by atoms with E-state index in [-0.39, 0.29) is 17.8 Å². The van der Waals surface area contributed by atoms with Gasteiger partial charge in [0.1, 0.15) is 0 Å². The molecule has 0 aromatic heterocycles. The van der Waals surface area contributed by atoms with Crippen molar-refractivity contribution in [2.45, 2.75) is 33.3 Å². The lowest BCUT2D eigenvalue weighted by Gasteiger charge is -2.37. The highest BCUT2D eigenvalue weighted by Gasteiger charge is 2.24. The second kappa shape index (κ2) is 12.1. The molecule has 31 heavy (non-hydrogen) atoms. The average Bonchev–Trinajstić information content (AvgIpc) is 2.80. The second-order valence-electron chi connectivity index (χ2n) is 9.19. The molecule has 1 saturated heterocycles. The van der Waals surface area contributed by atoms with Crippen molar-refractivity contribution >= 4 is 5.78 Å². The van der Waals surface area contributed by atoms with Gasteiger partial charge in [-0.3, -0.25) is 9.69 Å². The summed E-state index contributed by atoms with van der Waals surface area (Å²) in [7, 11) is 0. The summed E-state index contributed by atoms with van der Waals surface area (Å²) in [6.07, 6.45) is 1.20. The Morgan fingerprint density at radius 1 is 0.839 bits per heavy atom. The Morgan fingerprint density at radius 3 is 1.97 bits per heavy atom. The van der Waals surface area contributed by atoms with E-state index in [1.807, 2.05) is 30.3 Å². The number of piperazine rings is 1. The molecule has 1 heterocycles. The van der Waals surface area contributed by atoms with Gasteiger partial charge in [0.05, 0.1) is 6.10 Å². The number of carbonyl (C=O) groups is 1. The van der Waals surface area contributed by atoms with Gasteiger partial charge in [-0.2, -0.15) is 0 Å². The molecule has 1 aliphatic heterocycles. The number of rotatable bonds is 11. The molecule has 2 aromatic rings. The van der Waals surface area contributed by atoms with Gasteiger partial charge in [-0.05, 0) is 17.9 Å². The standard InChI is InChI=1S/C27H38N2O2/c1-22(2)14-19-31-26(24-10-6-4-7-11-24)21-29-17-15-28(16-18-29)20-23(3)27(30)25-12-8-5-9-13-25/h4-13,22-23,26H,14-21H2,1-3H3. The van der Waals surface area contributed by atoms with Crippen molar-refractivity contribution in [1.82, 2.24) is 9.80 Å². The van der Waals surface area contributed by atoms with E-state index in [1.165, 1.54) is 5.56 Å². The SMILES string of the molecule is CC(C)CCOC(CN1CCN(CC(C)C(=O)c2ccccc2)CC1)c1ccccc1. The van der Waals surface area contributed by atoms with Crippen LogP contribution in [0.4, 0.5) is 0 Å². The Kier molecular flexibility index (Phi) is 9.26. The van der Waals surface area contributed by atoms with E-state index in [0.717, 1.165) is 57.9 Å². The number of Topliss-reactive ketones (excluding diaryl/α,β-unsaturated/α-hetero) is 1. The minimum absolute atomic E-state index is 0.0189. The summed E-state index contributed by atoms with van der Waals surface area (Å²) in [6, 6.07) is 20.3. The van der Waals surface area contributed by atoms with E-state index in [0.29, 0.717) is 5.92 Å². The lowest BCUT2D eigenvalue weighted by molar-refractivity contribution is 0.00702. The Morgan fingerprint density at radius 2 is 1.39 bits per heavy atom. The van der Waals surface area contributed by atoms with Crippen LogP contribution in [0, 0.1) is 11.8 Å². The molecule has 2 aromatic carbocycles. The fourth-order valence-corrected chi connectivity index (χ4v) is 4.11. The van der Waals surface area contributed by atoms with Crippen LogP contribution in [0.25, 0.3) is 0 Å². The lowest BCUT2D eigenvalue weighted by atomic mass is 9.98. The van der Waals surface area contributed by atoms with Gasteiger partial charge < -0.3 is 9.64 Å². The third-order valence-electron chi connectivity index (χ3n) is 6.11. The third kappa shape index (κ3) is 7.57. The zero-order chi connectivity index (χ0) is 22.1. The topological polar surface area (TPSA) is 32.8 Å². The molecule has 168 valence electrons. The van der Waals surface area contributed by atoms with Gasteiger partial charge in [-0.15, -0.1) is 0 Å². The molecule has 0 aliphatic carbocycles. The number of hydrogen-bond acceptors (Lipinski definition) is 4. The smallest absolute Gasteiger partial charge is 0.166 e. The average molecular weight is 423 g/mol. The normalized spacial score (nSPS) is 17.5. The number of carbonyl (C=O) groups excluding carboxylic acids is 1. The molecule has 0 bridgehead atoms. The summed E-state index contributed by atoms with van der Waals surface area (Å²) < 4.78 is 6.31. The fraction of sp³-hybridized carbons (Fsp3) is 0.519. The van der Waals surface area contributed by atoms with Crippen LogP contribution in [0.2, 0.25) is 0 Å². The predicted molar refractivity (Wildman–Crippen MR) is 127 cm³/mol. The molecule has 3 rings (SSSR count). The first-order valence-electron chi connectivity index (χ1n) is 11.7. The summed E-state index contributed by atoms with van der Waals surface area (Å²) in [4.78, 5) is 17.6. The van der Waals surface area contributed by atoms with Crippen LogP contribution in [0.5, 0.6) is 0 Å². The van der Waals surface area contributed by atoms with Crippen molar-refractivity contribution < 1.29 is 9.53 Å². The second-order valence-corrected chi connectivity index (χ2v) is 9.19. The van der Waals surface area contributed by atoms with Crippen LogP contribution in [-0.4, -0.2) is 61.5 Å². The molecule has 0 amide bonds. The van der Waals surface area contributed by atoms with Gasteiger partial charge in [0, 0.05) is 57.4 Å². The molecule has 0 radical (unpaired) electrons. The number of nitrogens with zero attached hydrogens (tertiary/aromatic N) is 2. The van der Waals surface area contributed by atoms with Gasteiger partial charge in [0.25, 0.3) is 0 Å². The molecule has 1 fully saturated rings. The van der Waals surface area contributed by atoms with Crippen molar-refractivity contribution in [1.29, 1.82) is 0 Å². The van der Waals surface area contributed by atoms with Crippen LogP contribution in [0.15, 0.2) is 60.7 Å². The fourth-order valence-electron chi connectivity index (χ4n) is 4.11. The Hall–Kier alpha value is -2.01. The van der Waals surface area contributed by atoms with E-state index < -0.39 is 0 Å². The van der Waals surface area contributed by atoms with E-state index in [4.69, 9.17) is 4.74 Å². The molecular weight excluding hydrogens is 384 g/mol. The predicted octanol–water partition coefficient (Wildman–Crippen LogP) is 4.93. The molecular formula is C27H38N2O2. The van der Waals surface area contributed by atoms with Crippen molar-refractivity contribution in [2.24, 2.45) is 11.8 Å². The number of ether oxygens (including phenoxy) is 1. The number of ketones is 1. The summed E-state index contributed by atoms with van der Waals surface area (Å²) >= 11 is 0. The maximum atomic E-state index is 12.7. The Balaban J connectivity index is 1.48. The van der Waals surface area contributed by atoms with Gasteiger partial charge >= 0.3 is 0 Å². The van der Waals surface area contributed by atoms with Crippen LogP contribution >= 0.6 is 0 Å². The quantitative estimate of drug-likeness (QED) is 0.481. The van der Waals surface area contributed by atoms with E-state index in [9.17, 15) is 4.79 Å². The van der Waals surface area contributed by atoms with Crippen LogP contribution in [0.3, 0.4) is 0 Å². The first-order chi connectivity index (χ1) is 15.0. The maximum absolute atomic E-state index is 12.7. The van der Waals surface area contributed by atoms with E-state index in [1.54, 1.807) is 0 Å². The minimum atomic E-state index is 0.0189. The van der Waals surface area contributed by atoms with E-state index >= 15 is 0 Å². The first-order valence-corrected chi connectivity index (χ1v) is 11.7. The molecule has 2 atom stereocenters. The maximum Gasteiger partial charge on any atom is 0.166 e. The molecule has 0 saturated carbocycles. The first kappa shape index (κ1) is 23.6. The lowest BCUT2D eigenvalue weighted by Crippen LogP contribution is -2.49. The highest BCUT2D eigenvalue weighted by Crippen LogP contribution is 2.21. The van der Waals surface area contributed by atoms with Crippen molar-refractivity contribution in [3.05, 3.63) is 71.8 Å². The molecule has 0 N–H and O–H groups in total. The molecule has 4 heteroatoms. The summed E-state index contributed by atoms with van der Waals surface area (Å²) in [6.45, 7) is 13.1. The number of hydrogen-bond donors (Lipinski definition) is 0. The van der Waals surface area contributed by atoms with Crippen LogP contribution in [-0.2, 0) is 4.74 Å². The van der Waals surface area contributed by atoms with Gasteiger partial charge in [0.15, 0.2) is 5.78 Å². The molecule has 1 aliphatic rings. The Labute approximate surface area is 188 Å². The van der Waals surface area contributed by atoms with E-state index in [2.05, 4.69) is 60.9 Å². The summed E-state index contributed by atoms with van der Waals surface area (Å²) in [5.74, 6) is 0.914. The van der Waals surface area contributed by atoms with Crippen molar-refractivity contribution in [2.75, 3.05) is 45.9 Å². The third-order valence-corrected chi connectivity index (χ3v) is 6.11. The molecule has 4 nitrogen and oxygen atoms in total. The minimum Gasteiger partial charge on any atom is -0.372 e. The number of benzene rings is 2. The van der Waals surface area contributed by atoms with Gasteiger partial charge in [-0.25, -0.2) is 0 Å². The zero-order valence-corrected chi connectivity index (χ0v) is 19.4. The van der Waals surface area contributed by atoms with Gasteiger partial charge in [-0.1, -0.05) is 81.4 Å². The molecule has 2 unspecified atom stereocenters. The monoisotopic (exact) mass is 422 g/mol. The van der Waals surface area contributed by atoms with Crippen molar-refractivity contribution in [3.63, 3.8) is 0 Å². The highest BCUT2D eigenvalue weighted by molar-refractivity contribution is 5.97. The van der Waals surface area contributed by atoms with Crippen molar-refractivity contribution in [3.8, 4) is 0 Å².